The summed E-state index contributed by atoms with van der Waals surface area (Å²) >= 11 is 0. The van der Waals surface area contributed by atoms with Crippen molar-refractivity contribution in [3.63, 3.8) is 0 Å². The molecule has 4 heterocycles. The Morgan fingerprint density at radius 2 is 1.90 bits per heavy atom. The van der Waals surface area contributed by atoms with E-state index >= 15 is 0 Å². The number of nitrogens with one attached hydrogen (secondary N) is 3. The van der Waals surface area contributed by atoms with Gasteiger partial charge in [0.15, 0.2) is 0 Å². The highest BCUT2D eigenvalue weighted by Gasteiger charge is 2.61. The number of carbonyl (C=O) groups is 4. The highest BCUT2D eigenvalue weighted by molar-refractivity contribution is 7.87. The van der Waals surface area contributed by atoms with Crippen LogP contribution in [0.5, 0.6) is 6.01 Å². The molecular formula is C34H50N8O8S. The molecule has 0 spiro atoms. The molecule has 2 fully saturated rings. The van der Waals surface area contributed by atoms with Gasteiger partial charge in [0.1, 0.15) is 29.3 Å². The van der Waals surface area contributed by atoms with Gasteiger partial charge in [-0.15, -0.1) is 0 Å². The number of hydrogen-bond donors (Lipinski definition) is 3. The van der Waals surface area contributed by atoms with Crippen LogP contribution in [0.4, 0.5) is 4.79 Å². The van der Waals surface area contributed by atoms with Crippen LogP contribution < -0.4 is 20.1 Å². The minimum absolute atomic E-state index is 0.0134. The maximum atomic E-state index is 14.4. The third-order valence-corrected chi connectivity index (χ3v) is 10.7. The number of hydrogen-bond acceptors (Lipinski definition) is 10. The quantitative estimate of drug-likeness (QED) is 0.357. The average Bonchev–Trinajstić information content (AvgIpc) is 3.36. The first-order valence-electron chi connectivity index (χ1n) is 17.4. The molecule has 4 amide bonds. The Bertz CT molecular complexity index is 1790. The van der Waals surface area contributed by atoms with Gasteiger partial charge in [-0.25, -0.2) is 9.52 Å². The van der Waals surface area contributed by atoms with Crippen molar-refractivity contribution in [3.05, 3.63) is 30.6 Å². The van der Waals surface area contributed by atoms with E-state index in [1.807, 2.05) is 30.6 Å². The number of carbonyl (C=O) groups excluding carboxylic acids is 4. The predicted molar refractivity (Wildman–Crippen MR) is 188 cm³/mol. The first-order chi connectivity index (χ1) is 23.9. The molecule has 0 aromatic carbocycles. The molecule has 17 heteroatoms. The lowest BCUT2D eigenvalue weighted by Crippen LogP contribution is -2.58. The molecule has 0 radical (unpaired) electrons. The van der Waals surface area contributed by atoms with E-state index in [0.29, 0.717) is 30.8 Å². The molecular weight excluding hydrogens is 680 g/mol. The first kappa shape index (κ1) is 38.0. The lowest BCUT2D eigenvalue weighted by molar-refractivity contribution is -0.141. The second kappa shape index (κ2) is 14.8. The van der Waals surface area contributed by atoms with Crippen LogP contribution >= 0.6 is 0 Å². The van der Waals surface area contributed by atoms with Crippen LogP contribution in [0.2, 0.25) is 0 Å². The Labute approximate surface area is 298 Å². The summed E-state index contributed by atoms with van der Waals surface area (Å²) in [5, 5.41) is 5.57. The summed E-state index contributed by atoms with van der Waals surface area (Å²) in [5.41, 5.74) is -0.914. The molecule has 5 atom stereocenters. The van der Waals surface area contributed by atoms with E-state index in [0.717, 1.165) is 22.7 Å². The summed E-state index contributed by atoms with van der Waals surface area (Å²) < 4.78 is 42.1. The van der Waals surface area contributed by atoms with E-state index in [1.165, 1.54) is 19.0 Å². The third-order valence-electron chi connectivity index (χ3n) is 9.29. The summed E-state index contributed by atoms with van der Waals surface area (Å²) in [5.74, 6) is -2.46. The van der Waals surface area contributed by atoms with Crippen molar-refractivity contribution >= 4 is 45.1 Å². The van der Waals surface area contributed by atoms with E-state index in [9.17, 15) is 27.6 Å². The Balaban J connectivity index is 1.49. The zero-order valence-electron chi connectivity index (χ0n) is 30.3. The maximum absolute atomic E-state index is 14.4. The van der Waals surface area contributed by atoms with Crippen molar-refractivity contribution in [2.45, 2.75) is 115 Å². The van der Waals surface area contributed by atoms with Crippen LogP contribution in [0.1, 0.15) is 85.6 Å². The van der Waals surface area contributed by atoms with Gasteiger partial charge in [-0.05, 0) is 66.4 Å². The molecule has 16 nitrogen and oxygen atoms in total. The SMILES string of the molecule is CC(C)n1c(O[C@@H]2C[C@H]3C(=O)N[C@]4(C(=O)NS(=O)(=O)N(C)C)C[C@H]4/C=C\CCCCC[C@H](NC(=O)OC(C)(C)C)C(=O)N3C2)nc2ccncc21. The van der Waals surface area contributed by atoms with E-state index in [4.69, 9.17) is 9.47 Å². The molecule has 2 aromatic rings. The number of allylic oxidation sites excluding steroid dienone is 1. The fourth-order valence-electron chi connectivity index (χ4n) is 6.56. The van der Waals surface area contributed by atoms with Gasteiger partial charge in [0.25, 0.3) is 11.9 Å². The Morgan fingerprint density at radius 3 is 2.59 bits per heavy atom. The number of aromatic nitrogens is 3. The van der Waals surface area contributed by atoms with Crippen molar-refractivity contribution in [2.75, 3.05) is 20.6 Å². The van der Waals surface area contributed by atoms with E-state index < -0.39 is 69.3 Å². The topological polar surface area (TPSA) is 194 Å². The summed E-state index contributed by atoms with van der Waals surface area (Å²) in [6.45, 7) is 9.12. The monoisotopic (exact) mass is 730 g/mol. The zero-order valence-corrected chi connectivity index (χ0v) is 31.2. The van der Waals surface area contributed by atoms with Gasteiger partial charge < -0.3 is 25.0 Å². The standard InChI is InChI=1S/C34H50N8O8S/c1-21(2)42-27-19-35-16-15-24(27)36-31(42)49-23-17-26-28(43)38-34(30(45)39-51(47,48)40(6)7)18-22(34)13-11-9-8-10-12-14-25(29(44)41(26)20-23)37-32(46)50-33(3,4)5/h11,13,15-16,19,21-23,25-26H,8-10,12,14,17-18,20H2,1-7H3,(H,37,46)(H,38,43)(H,39,45)/b13-11-/t22-,23-,25+,26+,34-/m1/s1. The van der Waals surface area contributed by atoms with E-state index in [2.05, 4.69) is 25.3 Å². The van der Waals surface area contributed by atoms with Gasteiger partial charge in [-0.2, -0.15) is 17.7 Å². The fourth-order valence-corrected chi connectivity index (χ4v) is 7.16. The molecule has 5 rings (SSSR count). The molecule has 1 saturated carbocycles. The molecule has 0 bridgehead atoms. The van der Waals surface area contributed by atoms with Crippen molar-refractivity contribution in [3.8, 4) is 6.01 Å². The molecule has 1 aliphatic carbocycles. The van der Waals surface area contributed by atoms with Gasteiger partial charge in [0.05, 0.1) is 23.8 Å². The fraction of sp³-hybridized carbons (Fsp3) is 0.647. The maximum Gasteiger partial charge on any atom is 0.408 e. The number of alkyl carbamates (subject to hydrolysis) is 1. The molecule has 0 unspecified atom stereocenters. The second-order valence-corrected chi connectivity index (χ2v) is 16.8. The van der Waals surface area contributed by atoms with Gasteiger partial charge >= 0.3 is 16.3 Å². The van der Waals surface area contributed by atoms with Crippen LogP contribution in [0.3, 0.4) is 0 Å². The predicted octanol–water partition coefficient (Wildman–Crippen LogP) is 2.57. The lowest BCUT2D eigenvalue weighted by Gasteiger charge is -2.30. The summed E-state index contributed by atoms with van der Waals surface area (Å²) in [4.78, 5) is 65.5. The van der Waals surface area contributed by atoms with Crippen molar-refractivity contribution in [1.29, 1.82) is 0 Å². The van der Waals surface area contributed by atoms with Crippen molar-refractivity contribution in [1.82, 2.24) is 39.1 Å². The normalized spacial score (nSPS) is 26.8. The largest absolute Gasteiger partial charge is 0.459 e. The summed E-state index contributed by atoms with van der Waals surface area (Å²) in [6, 6.07) is -0.101. The number of amides is 4. The van der Waals surface area contributed by atoms with Crippen LogP contribution in [0.15, 0.2) is 30.6 Å². The smallest absolute Gasteiger partial charge is 0.408 e. The van der Waals surface area contributed by atoms with Gasteiger partial charge in [0, 0.05) is 38.7 Å². The van der Waals surface area contributed by atoms with Crippen LogP contribution in [0, 0.1) is 5.92 Å². The molecule has 1 saturated heterocycles. The molecule has 3 aliphatic rings. The molecule has 280 valence electrons. The Hall–Kier alpha value is -4.25. The third kappa shape index (κ3) is 8.63. The minimum Gasteiger partial charge on any atom is -0.459 e. The highest BCUT2D eigenvalue weighted by Crippen LogP contribution is 2.46. The lowest BCUT2D eigenvalue weighted by atomic mass is 10.0. The average molecular weight is 731 g/mol. The minimum atomic E-state index is -4.16. The molecule has 2 aliphatic heterocycles. The molecule has 2 aromatic heterocycles. The highest BCUT2D eigenvalue weighted by atomic mass is 32.2. The summed E-state index contributed by atoms with van der Waals surface area (Å²) in [7, 11) is -1.57. The molecule has 51 heavy (non-hydrogen) atoms. The number of ether oxygens (including phenoxy) is 2. The Kier molecular flexibility index (Phi) is 11.0. The van der Waals surface area contributed by atoms with Gasteiger partial charge in [-0.1, -0.05) is 25.0 Å². The van der Waals surface area contributed by atoms with Crippen molar-refractivity contribution in [2.24, 2.45) is 5.92 Å². The zero-order chi connectivity index (χ0) is 37.3. The van der Waals surface area contributed by atoms with Crippen LogP contribution in [-0.4, -0.2) is 106 Å². The van der Waals surface area contributed by atoms with Crippen LogP contribution in [0.25, 0.3) is 11.0 Å². The van der Waals surface area contributed by atoms with E-state index in [-0.39, 0.29) is 25.4 Å². The number of fused-ring (bicyclic) bond motifs is 3. The number of rotatable bonds is 7. The van der Waals surface area contributed by atoms with Gasteiger partial charge in [-0.3, -0.25) is 23.9 Å². The number of nitrogens with zero attached hydrogens (tertiary/aromatic N) is 5. The van der Waals surface area contributed by atoms with Crippen LogP contribution in [-0.2, 0) is 29.3 Å². The first-order valence-corrected chi connectivity index (χ1v) is 18.9. The van der Waals surface area contributed by atoms with Crippen molar-refractivity contribution < 1.29 is 37.1 Å². The molecule has 3 N–H and O–H groups in total. The Morgan fingerprint density at radius 1 is 1.16 bits per heavy atom. The summed E-state index contributed by atoms with van der Waals surface area (Å²) in [6.07, 6.45) is 9.02. The second-order valence-electron chi connectivity index (χ2n) is 15.0. The number of pyridine rings is 1. The van der Waals surface area contributed by atoms with Gasteiger partial charge in [0.2, 0.25) is 11.8 Å². The number of imidazole rings is 1. The van der Waals surface area contributed by atoms with E-state index in [1.54, 1.807) is 39.2 Å².